The van der Waals surface area contributed by atoms with Crippen LogP contribution in [-0.2, 0) is 10.0 Å². The second-order valence-electron chi connectivity index (χ2n) is 6.04. The van der Waals surface area contributed by atoms with Crippen LogP contribution in [0.3, 0.4) is 0 Å². The van der Waals surface area contributed by atoms with Crippen molar-refractivity contribution in [3.63, 3.8) is 0 Å². The molecule has 3 aromatic rings. The Morgan fingerprint density at radius 1 is 1.03 bits per heavy atom. The first-order valence-corrected chi connectivity index (χ1v) is 10.4. The van der Waals surface area contributed by atoms with E-state index in [1.807, 2.05) is 0 Å². The Labute approximate surface area is 177 Å². The van der Waals surface area contributed by atoms with E-state index in [1.165, 1.54) is 42.7 Å². The molecule has 1 aromatic heterocycles. The highest BCUT2D eigenvalue weighted by Crippen LogP contribution is 2.23. The summed E-state index contributed by atoms with van der Waals surface area (Å²) in [5.41, 5.74) is 1.50. The molecule has 12 heteroatoms. The van der Waals surface area contributed by atoms with Gasteiger partial charge in [0.15, 0.2) is 5.11 Å². The first-order chi connectivity index (χ1) is 14.2. The van der Waals surface area contributed by atoms with Crippen LogP contribution in [0, 0.1) is 17.0 Å². The number of aryl methyl sites for hydroxylation is 1. The number of anilines is 3. The van der Waals surface area contributed by atoms with Gasteiger partial charge >= 0.3 is 0 Å². The van der Waals surface area contributed by atoms with E-state index >= 15 is 0 Å². The Hall–Kier alpha value is -3.64. The highest BCUT2D eigenvalue weighted by atomic mass is 32.2. The summed E-state index contributed by atoms with van der Waals surface area (Å²) in [7, 11) is -3.84. The molecule has 2 aromatic carbocycles. The molecule has 0 radical (unpaired) electrons. The molecule has 30 heavy (non-hydrogen) atoms. The van der Waals surface area contributed by atoms with Crippen molar-refractivity contribution in [2.24, 2.45) is 0 Å². The molecule has 0 amide bonds. The zero-order chi connectivity index (χ0) is 21.7. The quantitative estimate of drug-likeness (QED) is 0.297. The topological polar surface area (TPSA) is 139 Å². The maximum absolute atomic E-state index is 12.4. The van der Waals surface area contributed by atoms with Crippen LogP contribution in [0.25, 0.3) is 0 Å². The Morgan fingerprint density at radius 3 is 2.27 bits per heavy atom. The van der Waals surface area contributed by atoms with E-state index in [0.29, 0.717) is 16.9 Å². The molecule has 3 rings (SSSR count). The summed E-state index contributed by atoms with van der Waals surface area (Å²) in [6.07, 6.45) is 2.85. The molecular formula is C18H16N6O4S2. The first-order valence-electron chi connectivity index (χ1n) is 8.47. The average Bonchev–Trinajstić information content (AvgIpc) is 2.70. The van der Waals surface area contributed by atoms with Crippen molar-refractivity contribution in [2.45, 2.75) is 11.8 Å². The fraction of sp³-hybridized carbons (Fsp3) is 0.0556. The summed E-state index contributed by atoms with van der Waals surface area (Å²) in [6.45, 7) is 1.65. The van der Waals surface area contributed by atoms with Gasteiger partial charge in [0.2, 0.25) is 5.95 Å². The summed E-state index contributed by atoms with van der Waals surface area (Å²) >= 11 is 5.21. The zero-order valence-corrected chi connectivity index (χ0v) is 17.2. The summed E-state index contributed by atoms with van der Waals surface area (Å²) in [5.74, 6) is -0.0303. The number of nitro groups is 1. The number of hydrogen-bond acceptors (Lipinski definition) is 7. The van der Waals surface area contributed by atoms with E-state index in [4.69, 9.17) is 12.2 Å². The molecule has 0 spiro atoms. The number of aromatic nitrogens is 2. The summed E-state index contributed by atoms with van der Waals surface area (Å²) in [4.78, 5) is 18.3. The summed E-state index contributed by atoms with van der Waals surface area (Å²) in [6, 6.07) is 12.1. The van der Waals surface area contributed by atoms with Gasteiger partial charge in [-0.1, -0.05) is 6.07 Å². The molecule has 3 N–H and O–H groups in total. The predicted molar refractivity (Wildman–Crippen MR) is 117 cm³/mol. The minimum Gasteiger partial charge on any atom is -0.332 e. The number of nitro benzene ring substituents is 1. The number of nitrogens with zero attached hydrogens (tertiary/aromatic N) is 3. The van der Waals surface area contributed by atoms with E-state index in [2.05, 4.69) is 25.3 Å². The third kappa shape index (κ3) is 5.24. The number of hydrogen-bond donors (Lipinski definition) is 3. The van der Waals surface area contributed by atoms with Gasteiger partial charge in [0.1, 0.15) is 0 Å². The largest absolute Gasteiger partial charge is 0.332 e. The lowest BCUT2D eigenvalue weighted by Gasteiger charge is -2.12. The van der Waals surface area contributed by atoms with Crippen molar-refractivity contribution < 1.29 is 13.3 Å². The van der Waals surface area contributed by atoms with Crippen LogP contribution in [0.5, 0.6) is 0 Å². The predicted octanol–water partition coefficient (Wildman–Crippen LogP) is 3.30. The molecular weight excluding hydrogens is 428 g/mol. The van der Waals surface area contributed by atoms with Crippen LogP contribution in [0.15, 0.2) is 65.8 Å². The third-order valence-corrected chi connectivity index (χ3v) is 5.43. The molecule has 0 bridgehead atoms. The van der Waals surface area contributed by atoms with E-state index < -0.39 is 14.9 Å². The first kappa shape index (κ1) is 21.1. The minimum absolute atomic E-state index is 0.0211. The highest BCUT2D eigenvalue weighted by Gasteiger charge is 2.15. The van der Waals surface area contributed by atoms with Crippen molar-refractivity contribution in [1.82, 2.24) is 9.97 Å². The lowest BCUT2D eigenvalue weighted by atomic mass is 10.2. The molecule has 0 saturated carbocycles. The van der Waals surface area contributed by atoms with E-state index in [0.717, 1.165) is 0 Å². The van der Waals surface area contributed by atoms with E-state index in [9.17, 15) is 18.5 Å². The fourth-order valence-electron chi connectivity index (χ4n) is 2.43. The molecule has 0 fully saturated rings. The highest BCUT2D eigenvalue weighted by molar-refractivity contribution is 7.92. The normalized spacial score (nSPS) is 10.8. The molecule has 0 unspecified atom stereocenters. The Morgan fingerprint density at radius 2 is 1.63 bits per heavy atom. The van der Waals surface area contributed by atoms with Crippen molar-refractivity contribution in [1.29, 1.82) is 0 Å². The molecule has 0 aliphatic rings. The van der Waals surface area contributed by atoms with Crippen molar-refractivity contribution >= 4 is 50.4 Å². The SMILES string of the molecule is Cc1ccc(NC(=S)Nc2ccc(S(=O)(=O)Nc3ncccn3)cc2)cc1[N+](=O)[O-]. The van der Waals surface area contributed by atoms with Crippen molar-refractivity contribution in [3.05, 3.63) is 76.6 Å². The Bertz CT molecular complexity index is 1190. The second-order valence-corrected chi connectivity index (χ2v) is 8.13. The van der Waals surface area contributed by atoms with Crippen molar-refractivity contribution in [3.8, 4) is 0 Å². The fourth-order valence-corrected chi connectivity index (χ4v) is 3.62. The minimum atomic E-state index is -3.84. The molecule has 154 valence electrons. The number of nitrogens with one attached hydrogen (secondary N) is 3. The van der Waals surface area contributed by atoms with Crippen LogP contribution in [0.2, 0.25) is 0 Å². The smallest absolute Gasteiger partial charge is 0.274 e. The van der Waals surface area contributed by atoms with Gasteiger partial charge in [0.25, 0.3) is 15.7 Å². The van der Waals surface area contributed by atoms with Crippen LogP contribution in [0.1, 0.15) is 5.56 Å². The maximum atomic E-state index is 12.4. The average molecular weight is 444 g/mol. The number of rotatable bonds is 6. The monoisotopic (exact) mass is 444 g/mol. The molecule has 10 nitrogen and oxygen atoms in total. The Kier molecular flexibility index (Phi) is 6.18. The van der Waals surface area contributed by atoms with Gasteiger partial charge in [-0.2, -0.15) is 0 Å². The second kappa shape index (κ2) is 8.80. The number of sulfonamides is 1. The van der Waals surface area contributed by atoms with Gasteiger partial charge < -0.3 is 10.6 Å². The van der Waals surface area contributed by atoms with E-state index in [-0.39, 0.29) is 21.6 Å². The van der Waals surface area contributed by atoms with Crippen LogP contribution >= 0.6 is 12.2 Å². The lowest BCUT2D eigenvalue weighted by Crippen LogP contribution is -2.19. The molecule has 0 aliphatic heterocycles. The van der Waals surface area contributed by atoms with Gasteiger partial charge in [0.05, 0.1) is 9.82 Å². The van der Waals surface area contributed by atoms with E-state index in [1.54, 1.807) is 25.1 Å². The van der Waals surface area contributed by atoms with Gasteiger partial charge in [-0.3, -0.25) is 10.1 Å². The lowest BCUT2D eigenvalue weighted by molar-refractivity contribution is -0.385. The van der Waals surface area contributed by atoms with Gasteiger partial charge in [-0.25, -0.2) is 23.1 Å². The van der Waals surface area contributed by atoms with Crippen LogP contribution < -0.4 is 15.4 Å². The number of thiocarbonyl (C=S) groups is 1. The third-order valence-electron chi connectivity index (χ3n) is 3.88. The van der Waals surface area contributed by atoms with Gasteiger partial charge in [-0.05, 0) is 55.5 Å². The molecule has 0 atom stereocenters. The van der Waals surface area contributed by atoms with Gasteiger partial charge in [0, 0.05) is 35.4 Å². The Balaban J connectivity index is 1.66. The zero-order valence-electron chi connectivity index (χ0n) is 15.6. The van der Waals surface area contributed by atoms with Gasteiger partial charge in [-0.15, -0.1) is 0 Å². The summed E-state index contributed by atoms with van der Waals surface area (Å²) in [5, 5.41) is 17.0. The standard InChI is InChI=1S/C18H16N6O4S2/c1-12-3-4-14(11-16(12)24(25)26)22-18(29)21-13-5-7-15(8-6-13)30(27,28)23-17-19-9-2-10-20-17/h2-11H,1H3,(H,19,20,23)(H2,21,22,29). The molecule has 1 heterocycles. The molecule has 0 aliphatic carbocycles. The van der Waals surface area contributed by atoms with Crippen LogP contribution in [-0.4, -0.2) is 28.4 Å². The molecule has 0 saturated heterocycles. The number of benzene rings is 2. The maximum Gasteiger partial charge on any atom is 0.274 e. The summed E-state index contributed by atoms with van der Waals surface area (Å²) < 4.78 is 27.1. The van der Waals surface area contributed by atoms with Crippen molar-refractivity contribution in [2.75, 3.05) is 15.4 Å². The van der Waals surface area contributed by atoms with Crippen LogP contribution in [0.4, 0.5) is 23.0 Å².